The van der Waals surface area contributed by atoms with Gasteiger partial charge in [-0.1, -0.05) is 34.1 Å². The monoisotopic (exact) mass is 396 g/mol. The number of halogens is 1. The number of benzene rings is 2. The summed E-state index contributed by atoms with van der Waals surface area (Å²) in [6.45, 7) is 0. The summed E-state index contributed by atoms with van der Waals surface area (Å²) in [5.41, 5.74) is 2.39. The molecule has 8 heteroatoms. The Kier molecular flexibility index (Phi) is 5.54. The third kappa shape index (κ3) is 4.92. The molecule has 0 saturated heterocycles. The Morgan fingerprint density at radius 3 is 2.57 bits per heavy atom. The fourth-order valence-corrected chi connectivity index (χ4v) is 3.26. The highest BCUT2D eigenvalue weighted by atomic mass is 79.9. The van der Waals surface area contributed by atoms with Gasteiger partial charge in [-0.05, 0) is 42.0 Å². The number of amides is 1. The van der Waals surface area contributed by atoms with E-state index in [0.717, 1.165) is 10.5 Å². The van der Waals surface area contributed by atoms with E-state index in [-0.39, 0.29) is 4.90 Å². The number of hydroxylamine groups is 1. The van der Waals surface area contributed by atoms with Gasteiger partial charge in [-0.25, -0.2) is 13.9 Å². The molecule has 2 rings (SSSR count). The van der Waals surface area contributed by atoms with E-state index in [4.69, 9.17) is 5.21 Å². The molecule has 0 aliphatic rings. The van der Waals surface area contributed by atoms with Crippen molar-refractivity contribution in [3.63, 3.8) is 0 Å². The van der Waals surface area contributed by atoms with Gasteiger partial charge < -0.3 is 0 Å². The van der Waals surface area contributed by atoms with E-state index in [0.29, 0.717) is 11.3 Å². The molecule has 0 unspecified atom stereocenters. The minimum atomic E-state index is -3.75. The van der Waals surface area contributed by atoms with Gasteiger partial charge in [0.2, 0.25) is 0 Å². The van der Waals surface area contributed by atoms with E-state index in [9.17, 15) is 13.2 Å². The van der Waals surface area contributed by atoms with Gasteiger partial charge in [0, 0.05) is 16.2 Å². The molecule has 0 aromatic heterocycles. The maximum absolute atomic E-state index is 12.4. The molecular formula is C15H13BrN2O4S. The largest absolute Gasteiger partial charge is 0.288 e. The zero-order chi connectivity index (χ0) is 16.9. The second kappa shape index (κ2) is 7.40. The lowest BCUT2D eigenvalue weighted by molar-refractivity contribution is -0.124. The van der Waals surface area contributed by atoms with Crippen LogP contribution < -0.4 is 10.2 Å². The third-order valence-electron chi connectivity index (χ3n) is 2.78. The highest BCUT2D eigenvalue weighted by molar-refractivity contribution is 9.10. The molecule has 1 amide bonds. The number of hydrogen-bond acceptors (Lipinski definition) is 4. The van der Waals surface area contributed by atoms with Crippen LogP contribution in [0.15, 0.2) is 64.0 Å². The minimum absolute atomic E-state index is 0.0593. The molecule has 0 aliphatic carbocycles. The number of anilines is 1. The summed E-state index contributed by atoms with van der Waals surface area (Å²) in [6, 6.07) is 12.9. The smallest absolute Gasteiger partial charge is 0.267 e. The molecule has 0 heterocycles. The van der Waals surface area contributed by atoms with Crippen LogP contribution in [0.3, 0.4) is 0 Å². The second-order valence-corrected chi connectivity index (χ2v) is 7.10. The summed E-state index contributed by atoms with van der Waals surface area (Å²) in [4.78, 5) is 11.0. The molecule has 2 aromatic rings. The SMILES string of the molecule is O=C(C=Cc1cccc(S(=O)(=O)Nc2cccc(Br)c2)c1)NO. The number of hydrogen-bond donors (Lipinski definition) is 3. The molecule has 0 radical (unpaired) electrons. The highest BCUT2D eigenvalue weighted by Crippen LogP contribution is 2.20. The van der Waals surface area contributed by atoms with Gasteiger partial charge in [0.05, 0.1) is 4.90 Å². The van der Waals surface area contributed by atoms with Crippen molar-refractivity contribution >= 4 is 43.6 Å². The van der Waals surface area contributed by atoms with Crippen LogP contribution in [0.1, 0.15) is 5.56 Å². The predicted octanol–water partition coefficient (Wildman–Crippen LogP) is 2.77. The average Bonchev–Trinajstić information content (AvgIpc) is 2.52. The van der Waals surface area contributed by atoms with Crippen LogP contribution in [0.5, 0.6) is 0 Å². The third-order valence-corrected chi connectivity index (χ3v) is 4.65. The lowest BCUT2D eigenvalue weighted by Crippen LogP contribution is -2.15. The summed E-state index contributed by atoms with van der Waals surface area (Å²) >= 11 is 3.28. The fraction of sp³-hybridized carbons (Fsp3) is 0. The van der Waals surface area contributed by atoms with Crippen LogP contribution in [0, 0.1) is 0 Å². The van der Waals surface area contributed by atoms with Crippen LogP contribution in [0.4, 0.5) is 5.69 Å². The van der Waals surface area contributed by atoms with E-state index in [1.165, 1.54) is 23.7 Å². The number of rotatable bonds is 5. The first-order valence-corrected chi connectivity index (χ1v) is 8.69. The van der Waals surface area contributed by atoms with Crippen molar-refractivity contribution in [3.8, 4) is 0 Å². The standard InChI is InChI=1S/C15H13BrN2O4S/c16-12-4-2-5-13(10-12)18-23(21,22)14-6-1-3-11(9-14)7-8-15(19)17-20/h1-10,18,20H,(H,17,19). The topological polar surface area (TPSA) is 95.5 Å². The van der Waals surface area contributed by atoms with Crippen molar-refractivity contribution in [3.05, 3.63) is 64.6 Å². The molecule has 0 atom stereocenters. The molecule has 23 heavy (non-hydrogen) atoms. The van der Waals surface area contributed by atoms with Gasteiger partial charge >= 0.3 is 0 Å². The summed E-state index contributed by atoms with van der Waals surface area (Å²) in [5, 5.41) is 8.42. The van der Waals surface area contributed by atoms with Crippen LogP contribution in [-0.2, 0) is 14.8 Å². The predicted molar refractivity (Wildman–Crippen MR) is 90.4 cm³/mol. The Balaban J connectivity index is 2.26. The Morgan fingerprint density at radius 2 is 1.87 bits per heavy atom. The Labute approximate surface area is 142 Å². The summed E-state index contributed by atoms with van der Waals surface area (Å²) in [6.07, 6.45) is 2.48. The van der Waals surface area contributed by atoms with Crippen molar-refractivity contribution in [1.82, 2.24) is 5.48 Å². The van der Waals surface area contributed by atoms with Crippen LogP contribution in [-0.4, -0.2) is 19.5 Å². The van der Waals surface area contributed by atoms with Gasteiger partial charge in [0.1, 0.15) is 0 Å². The summed E-state index contributed by atoms with van der Waals surface area (Å²) < 4.78 is 28.0. The lowest BCUT2D eigenvalue weighted by Gasteiger charge is -2.09. The van der Waals surface area contributed by atoms with Crippen molar-refractivity contribution in [2.45, 2.75) is 4.90 Å². The van der Waals surface area contributed by atoms with Crippen molar-refractivity contribution in [2.75, 3.05) is 4.72 Å². The van der Waals surface area contributed by atoms with Crippen molar-refractivity contribution in [2.24, 2.45) is 0 Å². The zero-order valence-electron chi connectivity index (χ0n) is 11.7. The first-order chi connectivity index (χ1) is 10.9. The van der Waals surface area contributed by atoms with E-state index >= 15 is 0 Å². The lowest BCUT2D eigenvalue weighted by atomic mass is 10.2. The molecule has 0 bridgehead atoms. The summed E-state index contributed by atoms with van der Waals surface area (Å²) in [7, 11) is -3.75. The Morgan fingerprint density at radius 1 is 1.13 bits per heavy atom. The molecule has 0 aliphatic heterocycles. The molecule has 120 valence electrons. The summed E-state index contributed by atoms with van der Waals surface area (Å²) in [5.74, 6) is -0.703. The van der Waals surface area contributed by atoms with Crippen LogP contribution >= 0.6 is 15.9 Å². The van der Waals surface area contributed by atoms with Gasteiger partial charge in [-0.2, -0.15) is 0 Å². The molecule has 3 N–H and O–H groups in total. The number of carbonyl (C=O) groups is 1. The first-order valence-electron chi connectivity index (χ1n) is 6.41. The average molecular weight is 397 g/mol. The van der Waals surface area contributed by atoms with Crippen molar-refractivity contribution in [1.29, 1.82) is 0 Å². The van der Waals surface area contributed by atoms with E-state index in [1.807, 2.05) is 0 Å². The van der Waals surface area contributed by atoms with Crippen LogP contribution in [0.2, 0.25) is 0 Å². The molecule has 6 nitrogen and oxygen atoms in total. The van der Waals surface area contributed by atoms with E-state index < -0.39 is 15.9 Å². The van der Waals surface area contributed by atoms with Crippen molar-refractivity contribution < 1.29 is 18.4 Å². The second-order valence-electron chi connectivity index (χ2n) is 4.50. The van der Waals surface area contributed by atoms with E-state index in [2.05, 4.69) is 20.7 Å². The van der Waals surface area contributed by atoms with Crippen LogP contribution in [0.25, 0.3) is 6.08 Å². The first kappa shape index (κ1) is 17.2. The molecule has 0 spiro atoms. The molecule has 2 aromatic carbocycles. The van der Waals surface area contributed by atoms with Gasteiger partial charge in [-0.3, -0.25) is 14.7 Å². The number of sulfonamides is 1. The normalized spacial score (nSPS) is 11.4. The maximum Gasteiger partial charge on any atom is 0.267 e. The molecule has 0 saturated carbocycles. The maximum atomic E-state index is 12.4. The quantitative estimate of drug-likeness (QED) is 0.411. The van der Waals surface area contributed by atoms with Gasteiger partial charge in [-0.15, -0.1) is 0 Å². The fourth-order valence-electron chi connectivity index (χ4n) is 1.76. The Bertz CT molecular complexity index is 850. The van der Waals surface area contributed by atoms with Gasteiger partial charge in [0.15, 0.2) is 0 Å². The Hall–Kier alpha value is -2.16. The number of nitrogens with one attached hydrogen (secondary N) is 2. The molecule has 0 fully saturated rings. The highest BCUT2D eigenvalue weighted by Gasteiger charge is 2.14. The number of carbonyl (C=O) groups excluding carboxylic acids is 1. The zero-order valence-corrected chi connectivity index (χ0v) is 14.1. The molecular weight excluding hydrogens is 384 g/mol. The van der Waals surface area contributed by atoms with Gasteiger partial charge in [0.25, 0.3) is 15.9 Å². The minimum Gasteiger partial charge on any atom is -0.288 e. The van der Waals surface area contributed by atoms with E-state index in [1.54, 1.807) is 36.4 Å².